The molecule has 8 nitrogen and oxygen atoms in total. The summed E-state index contributed by atoms with van der Waals surface area (Å²) in [5, 5.41) is 3.81. The summed E-state index contributed by atoms with van der Waals surface area (Å²) in [5.74, 6) is -0.422. The molecular formula is C28H34N6O2S. The number of aryl methyl sites for hydroxylation is 1. The second kappa shape index (κ2) is 10.6. The van der Waals surface area contributed by atoms with Crippen molar-refractivity contribution in [1.82, 2.24) is 19.8 Å². The molecule has 2 aromatic heterocycles. The number of pyridine rings is 1. The molecule has 0 saturated carbocycles. The van der Waals surface area contributed by atoms with Gasteiger partial charge in [0.2, 0.25) is 0 Å². The molecule has 9 heteroatoms. The molecule has 1 saturated heterocycles. The highest BCUT2D eigenvalue weighted by Gasteiger charge is 2.34. The van der Waals surface area contributed by atoms with Gasteiger partial charge in [-0.1, -0.05) is 26.0 Å². The maximum Gasteiger partial charge on any atom is 0.313 e. The minimum Gasteiger partial charge on any atom is -0.383 e. The van der Waals surface area contributed by atoms with Gasteiger partial charge in [-0.05, 0) is 73.5 Å². The lowest BCUT2D eigenvalue weighted by Crippen LogP contribution is -2.46. The molecule has 0 aliphatic carbocycles. The van der Waals surface area contributed by atoms with E-state index in [2.05, 4.69) is 53.4 Å². The van der Waals surface area contributed by atoms with Crippen molar-refractivity contribution in [3.63, 3.8) is 0 Å². The number of carbonyl (C=O) groups excluding carboxylic acids is 2. The van der Waals surface area contributed by atoms with E-state index in [1.165, 1.54) is 11.8 Å². The van der Waals surface area contributed by atoms with Crippen LogP contribution in [0.25, 0.3) is 15.8 Å². The number of nitrogens with two attached hydrogens (primary N) is 1. The highest BCUT2D eigenvalue weighted by Crippen LogP contribution is 2.37. The number of nitrogens with one attached hydrogen (secondary N) is 1. The van der Waals surface area contributed by atoms with Gasteiger partial charge in [-0.3, -0.25) is 9.59 Å². The van der Waals surface area contributed by atoms with Crippen molar-refractivity contribution < 1.29 is 9.59 Å². The number of hydrogen-bond donors (Lipinski definition) is 2. The van der Waals surface area contributed by atoms with Gasteiger partial charge in [0.05, 0.1) is 28.1 Å². The molecule has 0 radical (unpaired) electrons. The highest BCUT2D eigenvalue weighted by atomic mass is 32.1. The Hall–Kier alpha value is -3.30. The molecule has 1 aromatic carbocycles. The van der Waals surface area contributed by atoms with Crippen molar-refractivity contribution in [1.29, 1.82) is 0 Å². The van der Waals surface area contributed by atoms with Crippen molar-refractivity contribution in [3.8, 4) is 0 Å². The van der Waals surface area contributed by atoms with E-state index in [1.807, 2.05) is 6.92 Å². The quantitative estimate of drug-likeness (QED) is 0.493. The molecule has 194 valence electrons. The van der Waals surface area contributed by atoms with Crippen LogP contribution in [-0.2, 0) is 16.0 Å². The normalized spacial score (nSPS) is 20.6. The predicted octanol–water partition coefficient (Wildman–Crippen LogP) is 4.49. The zero-order chi connectivity index (χ0) is 26.1. The summed E-state index contributed by atoms with van der Waals surface area (Å²) in [6.45, 7) is 6.62. The number of hydrogen-bond acceptors (Lipinski definition) is 7. The number of nitrogen functional groups attached to an aromatic ring is 1. The van der Waals surface area contributed by atoms with Crippen LogP contribution in [0.15, 0.2) is 36.5 Å². The number of piperidine rings is 1. The van der Waals surface area contributed by atoms with Crippen molar-refractivity contribution in [2.75, 3.05) is 37.7 Å². The largest absolute Gasteiger partial charge is 0.383 e. The summed E-state index contributed by atoms with van der Waals surface area (Å²) in [4.78, 5) is 39.5. The Kier molecular flexibility index (Phi) is 7.26. The number of nitrogens with zero attached hydrogens (tertiary/aromatic N) is 4. The van der Waals surface area contributed by atoms with Gasteiger partial charge in [0.1, 0.15) is 10.8 Å². The standard InChI is InChI=1S/C28H34N6O2S/c1-4-18-13-21(15-30-25(18)29)31-26(35)28(36)34-16-17(2)5-7-23(34)20-6-8-24-22(14-20)32-27(37-24)19-9-11-33(3)12-10-19/h6,8-9,13-15,17,23H,4-5,7,10-12,16H2,1-3H3,(H2,29,30)(H,31,35)/t17-,23+/m0/s1. The molecule has 4 heterocycles. The van der Waals surface area contributed by atoms with E-state index in [0.717, 1.165) is 58.7 Å². The SMILES string of the molecule is CCc1cc(NC(=O)C(=O)N2C[C@@H](C)CC[C@@H]2c2ccc3sc(C4=CCN(C)CC4)nc3c2)cnc1N. The van der Waals surface area contributed by atoms with Crippen LogP contribution >= 0.6 is 11.3 Å². The van der Waals surface area contributed by atoms with Gasteiger partial charge in [-0.2, -0.15) is 0 Å². The smallest absolute Gasteiger partial charge is 0.313 e. The Bertz CT molecular complexity index is 1370. The maximum absolute atomic E-state index is 13.4. The Morgan fingerprint density at radius 1 is 1.24 bits per heavy atom. The van der Waals surface area contributed by atoms with Crippen LogP contribution in [0.5, 0.6) is 0 Å². The fourth-order valence-electron chi connectivity index (χ4n) is 5.17. The van der Waals surface area contributed by atoms with E-state index in [9.17, 15) is 9.59 Å². The zero-order valence-corrected chi connectivity index (χ0v) is 22.5. The molecule has 0 spiro atoms. The van der Waals surface area contributed by atoms with Crippen LogP contribution in [0.1, 0.15) is 55.3 Å². The average molecular weight is 519 g/mol. The fraction of sp³-hybridized carbons (Fsp3) is 0.429. The molecule has 2 amide bonds. The summed E-state index contributed by atoms with van der Waals surface area (Å²) in [7, 11) is 2.13. The minimum atomic E-state index is -0.654. The third-order valence-corrected chi connectivity index (χ3v) is 8.51. The van der Waals surface area contributed by atoms with Crippen LogP contribution in [-0.4, -0.2) is 58.3 Å². The molecule has 0 unspecified atom stereocenters. The topological polar surface area (TPSA) is 104 Å². The average Bonchev–Trinajstić information content (AvgIpc) is 3.33. The lowest BCUT2D eigenvalue weighted by atomic mass is 9.89. The molecular weight excluding hydrogens is 484 g/mol. The third-order valence-electron chi connectivity index (χ3n) is 7.40. The molecule has 37 heavy (non-hydrogen) atoms. The van der Waals surface area contributed by atoms with Gasteiger partial charge in [0, 0.05) is 19.6 Å². The Morgan fingerprint density at radius 3 is 2.84 bits per heavy atom. The first-order valence-electron chi connectivity index (χ1n) is 13.0. The lowest BCUT2D eigenvalue weighted by molar-refractivity contribution is -0.146. The molecule has 3 N–H and O–H groups in total. The molecule has 0 bridgehead atoms. The molecule has 5 rings (SSSR count). The number of carbonyl (C=O) groups is 2. The number of aromatic nitrogens is 2. The van der Waals surface area contributed by atoms with Gasteiger partial charge in [0.15, 0.2) is 0 Å². The van der Waals surface area contributed by atoms with Crippen LogP contribution < -0.4 is 11.1 Å². The number of benzene rings is 1. The number of likely N-dealkylation sites (tertiary alicyclic amines) is 1. The van der Waals surface area contributed by atoms with Crippen LogP contribution in [0, 0.1) is 5.92 Å². The summed E-state index contributed by atoms with van der Waals surface area (Å²) in [5.41, 5.74) is 10.5. The lowest BCUT2D eigenvalue weighted by Gasteiger charge is -2.38. The summed E-state index contributed by atoms with van der Waals surface area (Å²) < 4.78 is 1.14. The molecule has 2 atom stereocenters. The summed E-state index contributed by atoms with van der Waals surface area (Å²) >= 11 is 1.72. The number of thiazole rings is 1. The first-order chi connectivity index (χ1) is 17.8. The van der Waals surface area contributed by atoms with E-state index in [1.54, 1.807) is 22.3 Å². The number of fused-ring (bicyclic) bond motifs is 1. The van der Waals surface area contributed by atoms with Gasteiger partial charge in [-0.15, -0.1) is 11.3 Å². The third kappa shape index (κ3) is 5.38. The maximum atomic E-state index is 13.4. The molecule has 2 aliphatic rings. The van der Waals surface area contributed by atoms with Crippen molar-refractivity contribution in [2.45, 2.75) is 45.6 Å². The zero-order valence-electron chi connectivity index (χ0n) is 21.7. The number of amides is 2. The summed E-state index contributed by atoms with van der Waals surface area (Å²) in [6, 6.07) is 7.90. The number of likely N-dealkylation sites (N-methyl/N-ethyl adjacent to an activating group) is 1. The monoisotopic (exact) mass is 518 g/mol. The summed E-state index contributed by atoms with van der Waals surface area (Å²) in [6.07, 6.45) is 7.26. The Balaban J connectivity index is 1.37. The molecule has 2 aliphatic heterocycles. The number of rotatable bonds is 4. The Labute approximate surface area is 221 Å². The fourth-order valence-corrected chi connectivity index (χ4v) is 6.18. The van der Waals surface area contributed by atoms with Crippen LogP contribution in [0.2, 0.25) is 0 Å². The van der Waals surface area contributed by atoms with E-state index >= 15 is 0 Å². The minimum absolute atomic E-state index is 0.165. The van der Waals surface area contributed by atoms with Gasteiger partial charge in [0.25, 0.3) is 0 Å². The van der Waals surface area contributed by atoms with Gasteiger partial charge in [-0.25, -0.2) is 9.97 Å². The van der Waals surface area contributed by atoms with E-state index in [0.29, 0.717) is 30.4 Å². The predicted molar refractivity (Wildman–Crippen MR) is 149 cm³/mol. The van der Waals surface area contributed by atoms with Crippen LogP contribution in [0.3, 0.4) is 0 Å². The second-order valence-corrected chi connectivity index (χ2v) is 11.3. The van der Waals surface area contributed by atoms with Crippen molar-refractivity contribution in [2.24, 2.45) is 5.92 Å². The molecule has 1 fully saturated rings. The van der Waals surface area contributed by atoms with E-state index in [4.69, 9.17) is 10.7 Å². The second-order valence-electron chi connectivity index (χ2n) is 10.2. The van der Waals surface area contributed by atoms with E-state index in [-0.39, 0.29) is 6.04 Å². The Morgan fingerprint density at radius 2 is 2.08 bits per heavy atom. The van der Waals surface area contributed by atoms with Crippen molar-refractivity contribution in [3.05, 3.63) is 52.7 Å². The van der Waals surface area contributed by atoms with Gasteiger partial charge < -0.3 is 20.9 Å². The number of anilines is 2. The highest BCUT2D eigenvalue weighted by molar-refractivity contribution is 7.19. The first kappa shape index (κ1) is 25.4. The first-order valence-corrected chi connectivity index (χ1v) is 13.8. The van der Waals surface area contributed by atoms with Crippen molar-refractivity contribution >= 4 is 50.4 Å². The molecule has 3 aromatic rings. The van der Waals surface area contributed by atoms with Gasteiger partial charge >= 0.3 is 11.8 Å². The van der Waals surface area contributed by atoms with E-state index < -0.39 is 11.8 Å². The van der Waals surface area contributed by atoms with Crippen LogP contribution in [0.4, 0.5) is 11.5 Å².